The summed E-state index contributed by atoms with van der Waals surface area (Å²) in [5.74, 6) is 0.661. The Kier molecular flexibility index (Phi) is 6.80. The maximum Gasteiger partial charge on any atom is 0.326 e. The zero-order valence-electron chi connectivity index (χ0n) is 12.6. The van der Waals surface area contributed by atoms with Gasteiger partial charge in [0.15, 0.2) is 0 Å². The fourth-order valence-electron chi connectivity index (χ4n) is 2.88. The van der Waals surface area contributed by atoms with Crippen LogP contribution in [0, 0.1) is 11.8 Å². The molecule has 0 radical (unpaired) electrons. The topological polar surface area (TPSA) is 61.5 Å². The molecule has 0 aromatic rings. The van der Waals surface area contributed by atoms with Crippen molar-refractivity contribution in [3.05, 3.63) is 0 Å². The van der Waals surface area contributed by atoms with Crippen molar-refractivity contribution in [2.75, 3.05) is 20.3 Å². The fourth-order valence-corrected chi connectivity index (χ4v) is 2.88. The summed E-state index contributed by atoms with van der Waals surface area (Å²) >= 11 is 0. The van der Waals surface area contributed by atoms with Crippen molar-refractivity contribution in [2.45, 2.75) is 57.9 Å². The molecule has 2 N–H and O–H groups in total. The highest BCUT2D eigenvalue weighted by molar-refractivity contribution is 5.81. The molecule has 1 rings (SSSR count). The zero-order chi connectivity index (χ0) is 14.3. The lowest BCUT2D eigenvalue weighted by Crippen LogP contribution is -2.51. The van der Waals surface area contributed by atoms with Crippen LogP contribution in [0.1, 0.15) is 52.4 Å². The van der Waals surface area contributed by atoms with Crippen LogP contribution in [-0.4, -0.2) is 31.8 Å². The highest BCUT2D eigenvalue weighted by Gasteiger charge is 2.46. The van der Waals surface area contributed by atoms with Gasteiger partial charge in [0.25, 0.3) is 0 Å². The molecule has 1 saturated carbocycles. The Labute approximate surface area is 117 Å². The fraction of sp³-hybridized carbons (Fsp3) is 0.933. The van der Waals surface area contributed by atoms with Gasteiger partial charge in [0, 0.05) is 13.2 Å². The maximum absolute atomic E-state index is 11.8. The SMILES string of the molecule is COC(=O)C1(N)CCCC1CCOCCCC(C)C. The lowest BCUT2D eigenvalue weighted by Gasteiger charge is -2.28. The molecule has 1 fully saturated rings. The van der Waals surface area contributed by atoms with Gasteiger partial charge >= 0.3 is 5.97 Å². The van der Waals surface area contributed by atoms with E-state index < -0.39 is 5.54 Å². The maximum atomic E-state index is 11.8. The largest absolute Gasteiger partial charge is 0.468 e. The van der Waals surface area contributed by atoms with E-state index in [0.29, 0.717) is 6.61 Å². The van der Waals surface area contributed by atoms with Gasteiger partial charge in [-0.25, -0.2) is 0 Å². The monoisotopic (exact) mass is 271 g/mol. The average molecular weight is 271 g/mol. The van der Waals surface area contributed by atoms with Crippen LogP contribution in [0.15, 0.2) is 0 Å². The second kappa shape index (κ2) is 7.85. The van der Waals surface area contributed by atoms with E-state index in [2.05, 4.69) is 13.8 Å². The van der Waals surface area contributed by atoms with Gasteiger partial charge in [-0.1, -0.05) is 20.3 Å². The number of esters is 1. The molecule has 4 heteroatoms. The normalized spacial score (nSPS) is 26.9. The van der Waals surface area contributed by atoms with Crippen LogP contribution in [0.25, 0.3) is 0 Å². The molecule has 4 nitrogen and oxygen atoms in total. The summed E-state index contributed by atoms with van der Waals surface area (Å²) < 4.78 is 10.5. The predicted molar refractivity (Wildman–Crippen MR) is 75.8 cm³/mol. The van der Waals surface area contributed by atoms with E-state index in [9.17, 15) is 4.79 Å². The van der Waals surface area contributed by atoms with Gasteiger partial charge in [0.2, 0.25) is 0 Å². The Bertz CT molecular complexity index is 281. The van der Waals surface area contributed by atoms with Crippen LogP contribution in [0.3, 0.4) is 0 Å². The van der Waals surface area contributed by atoms with Crippen molar-refractivity contribution in [3.8, 4) is 0 Å². The number of nitrogens with two attached hydrogens (primary N) is 1. The molecule has 0 aromatic carbocycles. The van der Waals surface area contributed by atoms with Crippen molar-refractivity contribution < 1.29 is 14.3 Å². The first kappa shape index (κ1) is 16.4. The molecule has 19 heavy (non-hydrogen) atoms. The number of methoxy groups -OCH3 is 1. The van der Waals surface area contributed by atoms with Crippen LogP contribution < -0.4 is 5.73 Å². The molecule has 0 aliphatic heterocycles. The highest BCUT2D eigenvalue weighted by Crippen LogP contribution is 2.36. The van der Waals surface area contributed by atoms with Crippen molar-refractivity contribution in [2.24, 2.45) is 17.6 Å². The molecule has 0 spiro atoms. The van der Waals surface area contributed by atoms with Gasteiger partial charge in [-0.05, 0) is 43.9 Å². The van der Waals surface area contributed by atoms with Crippen LogP contribution in [0.5, 0.6) is 0 Å². The van der Waals surface area contributed by atoms with E-state index >= 15 is 0 Å². The molecule has 0 saturated heterocycles. The average Bonchev–Trinajstić information content (AvgIpc) is 2.75. The number of hydrogen-bond donors (Lipinski definition) is 1. The molecule has 0 bridgehead atoms. The number of ether oxygens (including phenoxy) is 2. The van der Waals surface area contributed by atoms with E-state index in [0.717, 1.165) is 44.6 Å². The number of rotatable bonds is 8. The molecule has 2 unspecified atom stereocenters. The second-order valence-electron chi connectivity index (χ2n) is 6.06. The van der Waals surface area contributed by atoms with Crippen LogP contribution in [-0.2, 0) is 14.3 Å². The van der Waals surface area contributed by atoms with Crippen LogP contribution >= 0.6 is 0 Å². The standard InChI is InChI=1S/C15H29NO3/c1-12(2)6-5-10-19-11-8-13-7-4-9-15(13,16)14(17)18-3/h12-13H,4-11,16H2,1-3H3. The Balaban J connectivity index is 2.23. The highest BCUT2D eigenvalue weighted by atomic mass is 16.5. The molecule has 0 amide bonds. The quantitative estimate of drug-likeness (QED) is 0.544. The number of hydrogen-bond acceptors (Lipinski definition) is 4. The van der Waals surface area contributed by atoms with Gasteiger partial charge in [-0.2, -0.15) is 0 Å². The molecule has 1 aliphatic rings. The molecular weight excluding hydrogens is 242 g/mol. The minimum Gasteiger partial charge on any atom is -0.468 e. The number of carbonyl (C=O) groups excluding carboxylic acids is 1. The summed E-state index contributed by atoms with van der Waals surface area (Å²) in [5, 5.41) is 0. The first-order chi connectivity index (χ1) is 9.00. The minimum atomic E-state index is -0.782. The van der Waals surface area contributed by atoms with Gasteiger partial charge in [-0.15, -0.1) is 0 Å². The van der Waals surface area contributed by atoms with Crippen LogP contribution in [0.4, 0.5) is 0 Å². The Morgan fingerprint density at radius 3 is 2.79 bits per heavy atom. The smallest absolute Gasteiger partial charge is 0.326 e. The van der Waals surface area contributed by atoms with E-state index in [1.807, 2.05) is 0 Å². The first-order valence-corrected chi connectivity index (χ1v) is 7.45. The summed E-state index contributed by atoms with van der Waals surface area (Å²) in [4.78, 5) is 11.8. The third kappa shape index (κ3) is 4.77. The lowest BCUT2D eigenvalue weighted by molar-refractivity contribution is -0.148. The third-order valence-electron chi connectivity index (χ3n) is 4.12. The Morgan fingerprint density at radius 1 is 1.42 bits per heavy atom. The molecule has 0 heterocycles. The summed E-state index contributed by atoms with van der Waals surface area (Å²) in [6.45, 7) is 5.94. The van der Waals surface area contributed by atoms with E-state index in [4.69, 9.17) is 15.2 Å². The first-order valence-electron chi connectivity index (χ1n) is 7.45. The summed E-state index contributed by atoms with van der Waals surface area (Å²) in [6.07, 6.45) is 5.90. The molecule has 1 aliphatic carbocycles. The summed E-state index contributed by atoms with van der Waals surface area (Å²) in [6, 6.07) is 0. The second-order valence-corrected chi connectivity index (χ2v) is 6.06. The zero-order valence-corrected chi connectivity index (χ0v) is 12.6. The van der Waals surface area contributed by atoms with Crippen molar-refractivity contribution >= 4 is 5.97 Å². The molecular formula is C15H29NO3. The van der Waals surface area contributed by atoms with Gasteiger partial charge < -0.3 is 15.2 Å². The van der Waals surface area contributed by atoms with Crippen molar-refractivity contribution in [1.29, 1.82) is 0 Å². The van der Waals surface area contributed by atoms with Crippen LogP contribution in [0.2, 0.25) is 0 Å². The Hall–Kier alpha value is -0.610. The summed E-state index contributed by atoms with van der Waals surface area (Å²) in [5.41, 5.74) is 5.43. The van der Waals surface area contributed by atoms with Gasteiger partial charge in [0.1, 0.15) is 5.54 Å². The summed E-state index contributed by atoms with van der Waals surface area (Å²) in [7, 11) is 1.41. The lowest BCUT2D eigenvalue weighted by atomic mass is 9.86. The Morgan fingerprint density at radius 2 is 2.16 bits per heavy atom. The van der Waals surface area contributed by atoms with Gasteiger partial charge in [0.05, 0.1) is 7.11 Å². The number of carbonyl (C=O) groups is 1. The molecule has 112 valence electrons. The molecule has 2 atom stereocenters. The van der Waals surface area contributed by atoms with Gasteiger partial charge in [-0.3, -0.25) is 4.79 Å². The van der Waals surface area contributed by atoms with E-state index in [1.165, 1.54) is 13.5 Å². The van der Waals surface area contributed by atoms with Crippen molar-refractivity contribution in [3.63, 3.8) is 0 Å². The van der Waals surface area contributed by atoms with Crippen molar-refractivity contribution in [1.82, 2.24) is 0 Å². The molecule has 0 aromatic heterocycles. The van der Waals surface area contributed by atoms with E-state index in [-0.39, 0.29) is 11.9 Å². The third-order valence-corrected chi connectivity index (χ3v) is 4.12. The van der Waals surface area contributed by atoms with E-state index in [1.54, 1.807) is 0 Å². The predicted octanol–water partition coefficient (Wildman–Crippen LogP) is 2.50. The minimum absolute atomic E-state index is 0.199.